The molecule has 0 saturated heterocycles. The Labute approximate surface area is 84.7 Å². The number of nitrogens with one attached hydrogen (secondary N) is 1. The molecule has 0 aliphatic carbocycles. The van der Waals surface area contributed by atoms with Gasteiger partial charge in [-0.2, -0.15) is 0 Å². The Balaban J connectivity index is 2.39. The number of anilines is 1. The number of nitrogens with zero attached hydrogens (tertiary/aromatic N) is 3. The molecule has 3 N–H and O–H groups in total. The molecule has 0 atom stereocenters. The van der Waals surface area contributed by atoms with Crippen molar-refractivity contribution in [1.29, 1.82) is 0 Å². The third-order valence-corrected chi connectivity index (χ3v) is 1.91. The fourth-order valence-electron chi connectivity index (χ4n) is 1.19. The van der Waals surface area contributed by atoms with E-state index in [4.69, 9.17) is 5.73 Å². The van der Waals surface area contributed by atoms with Crippen LogP contribution in [0.4, 0.5) is 5.82 Å². The van der Waals surface area contributed by atoms with E-state index in [0.717, 1.165) is 0 Å². The predicted molar refractivity (Wildman–Crippen MR) is 51.8 cm³/mol. The quantitative estimate of drug-likeness (QED) is 0.652. The topological polar surface area (TPSA) is 107 Å². The number of carbonyl (C=O) groups is 1. The molecule has 7 heteroatoms. The smallest absolute Gasteiger partial charge is 0.313 e. The van der Waals surface area contributed by atoms with E-state index in [-0.39, 0.29) is 12.4 Å². The molecule has 0 aromatic carbocycles. The molecule has 0 bridgehead atoms. The molecule has 7 nitrogen and oxygen atoms in total. The molecular weight excluding hydrogens is 198 g/mol. The number of aromatic amines is 1. The first-order chi connectivity index (χ1) is 7.20. The SMILES string of the molecule is COC(=O)Cc1nc2ncnc(N)c2[nH]1. The van der Waals surface area contributed by atoms with Crippen molar-refractivity contribution in [2.45, 2.75) is 6.42 Å². The number of methoxy groups -OCH3 is 1. The van der Waals surface area contributed by atoms with Crippen LogP contribution in [-0.2, 0) is 16.0 Å². The lowest BCUT2D eigenvalue weighted by molar-refractivity contribution is -0.139. The van der Waals surface area contributed by atoms with Gasteiger partial charge in [-0.15, -0.1) is 0 Å². The van der Waals surface area contributed by atoms with Crippen LogP contribution < -0.4 is 5.73 Å². The van der Waals surface area contributed by atoms with Crippen LogP contribution >= 0.6 is 0 Å². The first-order valence-electron chi connectivity index (χ1n) is 4.22. The van der Waals surface area contributed by atoms with Crippen LogP contribution in [0.1, 0.15) is 5.82 Å². The Morgan fingerprint density at radius 1 is 1.60 bits per heavy atom. The van der Waals surface area contributed by atoms with E-state index in [1.807, 2.05) is 0 Å². The summed E-state index contributed by atoms with van der Waals surface area (Å²) in [5, 5.41) is 0. The second-order valence-electron chi connectivity index (χ2n) is 2.89. The summed E-state index contributed by atoms with van der Waals surface area (Å²) in [4.78, 5) is 25.6. The highest BCUT2D eigenvalue weighted by atomic mass is 16.5. The van der Waals surface area contributed by atoms with E-state index in [1.54, 1.807) is 0 Å². The number of aromatic nitrogens is 4. The van der Waals surface area contributed by atoms with Crippen molar-refractivity contribution in [3.8, 4) is 0 Å². The minimum absolute atomic E-state index is 0.0618. The molecule has 0 spiro atoms. The fraction of sp³-hybridized carbons (Fsp3) is 0.250. The number of nitrogens with two attached hydrogens (primary N) is 1. The highest BCUT2D eigenvalue weighted by Gasteiger charge is 2.10. The fourth-order valence-corrected chi connectivity index (χ4v) is 1.19. The zero-order valence-corrected chi connectivity index (χ0v) is 8.02. The van der Waals surface area contributed by atoms with Gasteiger partial charge in [0.15, 0.2) is 11.5 Å². The van der Waals surface area contributed by atoms with Gasteiger partial charge in [-0.1, -0.05) is 0 Å². The Morgan fingerprint density at radius 2 is 2.40 bits per heavy atom. The molecule has 2 heterocycles. The van der Waals surface area contributed by atoms with Gasteiger partial charge in [0.05, 0.1) is 7.11 Å². The number of imidazole rings is 1. The molecule has 15 heavy (non-hydrogen) atoms. The molecule has 0 aliphatic heterocycles. The molecule has 78 valence electrons. The van der Waals surface area contributed by atoms with E-state index in [0.29, 0.717) is 22.8 Å². The molecule has 0 unspecified atom stereocenters. The van der Waals surface area contributed by atoms with Gasteiger partial charge < -0.3 is 15.5 Å². The predicted octanol–water partition coefficient (Wildman–Crippen LogP) is -0.349. The average Bonchev–Trinajstić information content (AvgIpc) is 2.62. The lowest BCUT2D eigenvalue weighted by Crippen LogP contribution is -2.05. The zero-order chi connectivity index (χ0) is 10.8. The van der Waals surface area contributed by atoms with Crippen molar-refractivity contribution >= 4 is 23.0 Å². The summed E-state index contributed by atoms with van der Waals surface area (Å²) in [6.07, 6.45) is 1.38. The molecule has 0 amide bonds. The summed E-state index contributed by atoms with van der Waals surface area (Å²) >= 11 is 0. The summed E-state index contributed by atoms with van der Waals surface area (Å²) in [5.74, 6) is 0.397. The number of rotatable bonds is 2. The standard InChI is InChI=1S/C8H9N5O2/c1-15-5(14)2-4-12-6-7(9)10-3-11-8(6)13-4/h3H,2H2,1H3,(H3,9,10,11,12,13). The Bertz CT molecular complexity index is 507. The van der Waals surface area contributed by atoms with Gasteiger partial charge >= 0.3 is 5.97 Å². The maximum atomic E-state index is 11.0. The minimum atomic E-state index is -0.374. The maximum Gasteiger partial charge on any atom is 0.313 e. The largest absolute Gasteiger partial charge is 0.469 e. The lowest BCUT2D eigenvalue weighted by Gasteiger charge is -1.93. The lowest BCUT2D eigenvalue weighted by atomic mass is 10.4. The Kier molecular flexibility index (Phi) is 2.20. The summed E-state index contributed by atoms with van der Waals surface area (Å²) < 4.78 is 4.51. The van der Waals surface area contributed by atoms with Gasteiger partial charge in [0.25, 0.3) is 0 Å². The third kappa shape index (κ3) is 1.71. The van der Waals surface area contributed by atoms with Crippen LogP contribution in [-0.4, -0.2) is 33.0 Å². The van der Waals surface area contributed by atoms with E-state index in [9.17, 15) is 4.79 Å². The van der Waals surface area contributed by atoms with E-state index < -0.39 is 0 Å². The Hall–Kier alpha value is -2.18. The number of fused-ring (bicyclic) bond motifs is 1. The van der Waals surface area contributed by atoms with Crippen LogP contribution in [0.3, 0.4) is 0 Å². The van der Waals surface area contributed by atoms with Crippen molar-refractivity contribution < 1.29 is 9.53 Å². The van der Waals surface area contributed by atoms with Crippen molar-refractivity contribution in [2.75, 3.05) is 12.8 Å². The summed E-state index contributed by atoms with van der Waals surface area (Å²) in [6, 6.07) is 0. The number of hydrogen-bond acceptors (Lipinski definition) is 6. The molecular formula is C8H9N5O2. The van der Waals surface area contributed by atoms with Crippen LogP contribution in [0, 0.1) is 0 Å². The summed E-state index contributed by atoms with van der Waals surface area (Å²) in [5.41, 5.74) is 6.58. The van der Waals surface area contributed by atoms with E-state index in [2.05, 4.69) is 24.7 Å². The summed E-state index contributed by atoms with van der Waals surface area (Å²) in [7, 11) is 1.32. The first-order valence-corrected chi connectivity index (χ1v) is 4.22. The molecule has 0 saturated carbocycles. The van der Waals surface area contributed by atoms with Gasteiger partial charge in [0.2, 0.25) is 0 Å². The zero-order valence-electron chi connectivity index (χ0n) is 8.02. The molecule has 0 radical (unpaired) electrons. The van der Waals surface area contributed by atoms with Crippen molar-refractivity contribution in [2.24, 2.45) is 0 Å². The van der Waals surface area contributed by atoms with Crippen molar-refractivity contribution in [1.82, 2.24) is 19.9 Å². The number of H-pyrrole nitrogens is 1. The second kappa shape index (κ2) is 3.52. The average molecular weight is 207 g/mol. The van der Waals surface area contributed by atoms with Crippen LogP contribution in [0.5, 0.6) is 0 Å². The molecule has 2 aromatic heterocycles. The van der Waals surface area contributed by atoms with Gasteiger partial charge in [0.1, 0.15) is 24.1 Å². The second-order valence-corrected chi connectivity index (χ2v) is 2.89. The Morgan fingerprint density at radius 3 is 3.07 bits per heavy atom. The number of carbonyl (C=O) groups excluding carboxylic acids is 1. The highest BCUT2D eigenvalue weighted by Crippen LogP contribution is 2.13. The minimum Gasteiger partial charge on any atom is -0.469 e. The van der Waals surface area contributed by atoms with Gasteiger partial charge in [-0.05, 0) is 0 Å². The maximum absolute atomic E-state index is 11.0. The number of esters is 1. The monoisotopic (exact) mass is 207 g/mol. The van der Waals surface area contributed by atoms with Gasteiger partial charge in [0, 0.05) is 0 Å². The van der Waals surface area contributed by atoms with Crippen LogP contribution in [0.2, 0.25) is 0 Å². The molecule has 2 aromatic rings. The number of nitrogen functional groups attached to an aromatic ring is 1. The van der Waals surface area contributed by atoms with Crippen molar-refractivity contribution in [3.05, 3.63) is 12.2 Å². The van der Waals surface area contributed by atoms with Crippen molar-refractivity contribution in [3.63, 3.8) is 0 Å². The number of ether oxygens (including phenoxy) is 1. The van der Waals surface area contributed by atoms with E-state index in [1.165, 1.54) is 13.4 Å². The van der Waals surface area contributed by atoms with E-state index >= 15 is 0 Å². The van der Waals surface area contributed by atoms with Crippen LogP contribution in [0.15, 0.2) is 6.33 Å². The highest BCUT2D eigenvalue weighted by molar-refractivity contribution is 5.82. The first kappa shape index (κ1) is 9.38. The molecule has 2 rings (SSSR count). The normalized spacial score (nSPS) is 10.5. The third-order valence-electron chi connectivity index (χ3n) is 1.91. The number of hydrogen-bond donors (Lipinski definition) is 2. The van der Waals surface area contributed by atoms with Gasteiger partial charge in [-0.3, -0.25) is 4.79 Å². The van der Waals surface area contributed by atoms with Gasteiger partial charge in [-0.25, -0.2) is 15.0 Å². The molecule has 0 fully saturated rings. The summed E-state index contributed by atoms with van der Waals surface area (Å²) in [6.45, 7) is 0. The molecule has 0 aliphatic rings. The van der Waals surface area contributed by atoms with Crippen LogP contribution in [0.25, 0.3) is 11.2 Å².